The first-order chi connectivity index (χ1) is 13.4. The molecule has 0 saturated heterocycles. The minimum absolute atomic E-state index is 0.0137. The maximum absolute atomic E-state index is 11.5. The van der Waals surface area contributed by atoms with Gasteiger partial charge in [-0.1, -0.05) is 0 Å². The lowest BCUT2D eigenvalue weighted by molar-refractivity contribution is -0.151. The number of rotatable bonds is 18. The molecule has 11 heteroatoms. The molecule has 2 unspecified atom stereocenters. The van der Waals surface area contributed by atoms with Gasteiger partial charge in [-0.15, -0.1) is 0 Å². The fraction of sp³-hybridized carbons (Fsp3) is 0.882. The van der Waals surface area contributed by atoms with Crippen LogP contribution in [0.4, 0.5) is 0 Å². The molecule has 0 aliphatic carbocycles. The van der Waals surface area contributed by atoms with Crippen molar-refractivity contribution < 1.29 is 47.8 Å². The second-order valence-electron chi connectivity index (χ2n) is 5.84. The lowest BCUT2D eigenvalue weighted by atomic mass is 10.2. The first-order valence-electron chi connectivity index (χ1n) is 9.12. The predicted octanol–water partition coefficient (Wildman–Crippen LogP) is 0.338. The lowest BCUT2D eigenvalue weighted by Crippen LogP contribution is -2.22. The Bertz CT molecular complexity index is 373. The Morgan fingerprint density at radius 1 is 0.750 bits per heavy atom. The Labute approximate surface area is 167 Å². The molecule has 0 radical (unpaired) electrons. The van der Waals surface area contributed by atoms with Crippen LogP contribution in [0, 0.1) is 11.8 Å². The van der Waals surface area contributed by atoms with Crippen LogP contribution in [0.5, 0.6) is 0 Å². The summed E-state index contributed by atoms with van der Waals surface area (Å²) in [5.74, 6) is -1.64. The van der Waals surface area contributed by atoms with E-state index in [1.807, 2.05) is 0 Å². The van der Waals surface area contributed by atoms with E-state index >= 15 is 0 Å². The zero-order valence-corrected chi connectivity index (χ0v) is 17.7. The summed E-state index contributed by atoms with van der Waals surface area (Å²) in [6.07, 6.45) is 0. The zero-order valence-electron chi connectivity index (χ0n) is 16.8. The van der Waals surface area contributed by atoms with Crippen molar-refractivity contribution in [2.45, 2.75) is 13.8 Å². The number of carbonyl (C=O) groups is 2. The van der Waals surface area contributed by atoms with Gasteiger partial charge in [-0.2, -0.15) is 0 Å². The Balaban J connectivity index is 3.56. The fourth-order valence-corrected chi connectivity index (χ4v) is 2.46. The molecule has 0 fully saturated rings. The third-order valence-corrected chi connectivity index (χ3v) is 4.31. The van der Waals surface area contributed by atoms with E-state index in [0.29, 0.717) is 26.4 Å². The van der Waals surface area contributed by atoms with Crippen LogP contribution in [0.25, 0.3) is 0 Å². The number of hydrogen-bond acceptors (Lipinski definition) is 10. The van der Waals surface area contributed by atoms with Crippen molar-refractivity contribution in [3.05, 3.63) is 0 Å². The molecule has 0 bridgehead atoms. The minimum atomic E-state index is -1.08. The first kappa shape index (κ1) is 27.1. The molecule has 2 N–H and O–H groups in total. The molecule has 0 rings (SSSR count). The Hall–Kier alpha value is -0.870. The van der Waals surface area contributed by atoms with Gasteiger partial charge in [0.1, 0.15) is 13.2 Å². The van der Waals surface area contributed by atoms with E-state index < -0.39 is 32.1 Å². The highest BCUT2D eigenvalue weighted by Gasteiger charge is 2.15. The molecule has 0 heterocycles. The molecule has 0 aromatic rings. The van der Waals surface area contributed by atoms with Gasteiger partial charge >= 0.3 is 11.9 Å². The second-order valence-corrected chi connectivity index (χ2v) is 7.24. The molecule has 0 aromatic heterocycles. The van der Waals surface area contributed by atoms with Crippen LogP contribution in [-0.2, 0) is 37.6 Å². The summed E-state index contributed by atoms with van der Waals surface area (Å²) in [6, 6.07) is 0. The topological polar surface area (TPSA) is 130 Å². The summed E-state index contributed by atoms with van der Waals surface area (Å²) in [6.45, 7) is 6.46. The molecular formula is C17H33O10P. The van der Waals surface area contributed by atoms with Gasteiger partial charge in [0.15, 0.2) is 8.38 Å². The summed E-state index contributed by atoms with van der Waals surface area (Å²) < 4.78 is 31.2. The van der Waals surface area contributed by atoms with Crippen LogP contribution in [0.1, 0.15) is 13.8 Å². The van der Waals surface area contributed by atoms with Gasteiger partial charge in [0.2, 0.25) is 0 Å². The third kappa shape index (κ3) is 15.1. The number of ether oxygens (including phenoxy) is 4. The zero-order chi connectivity index (χ0) is 21.2. The average molecular weight is 428 g/mol. The molecule has 0 aliphatic heterocycles. The molecule has 166 valence electrons. The van der Waals surface area contributed by atoms with E-state index in [0.717, 1.165) is 0 Å². The van der Waals surface area contributed by atoms with Gasteiger partial charge < -0.3 is 38.2 Å². The van der Waals surface area contributed by atoms with Crippen molar-refractivity contribution >= 4 is 20.3 Å². The van der Waals surface area contributed by atoms with Crippen LogP contribution < -0.4 is 0 Å². The molecule has 0 aliphatic rings. The Morgan fingerprint density at radius 3 is 1.50 bits per heavy atom. The van der Waals surface area contributed by atoms with Crippen molar-refractivity contribution in [3.8, 4) is 0 Å². The first-order valence-corrected chi connectivity index (χ1v) is 10.7. The quantitative estimate of drug-likeness (QED) is 0.179. The molecule has 0 aromatic carbocycles. The molecular weight excluding hydrogens is 395 g/mol. The van der Waals surface area contributed by atoms with Crippen molar-refractivity contribution in [1.29, 1.82) is 0 Å². The van der Waals surface area contributed by atoms with E-state index in [2.05, 4.69) is 0 Å². The Kier molecular flexibility index (Phi) is 17.6. The molecule has 0 spiro atoms. The highest BCUT2D eigenvalue weighted by Crippen LogP contribution is 2.32. The van der Waals surface area contributed by atoms with Crippen LogP contribution in [-0.4, -0.2) is 94.9 Å². The Morgan fingerprint density at radius 2 is 1.14 bits per heavy atom. The standard InChI is InChI=1S/C17H33O10P/c1-14(16(20)24-6-4-18)12-22-8-10-26-28(3)27-11-9-23-13-15(2)17(21)25-7-5-19/h14-15,18-19H,4-13H2,1-3H3. The summed E-state index contributed by atoms with van der Waals surface area (Å²) >= 11 is 0. The van der Waals surface area contributed by atoms with E-state index in [-0.39, 0.29) is 39.6 Å². The van der Waals surface area contributed by atoms with Crippen LogP contribution in [0.3, 0.4) is 0 Å². The average Bonchev–Trinajstić information content (AvgIpc) is 2.69. The van der Waals surface area contributed by atoms with Gasteiger partial charge in [0.05, 0.1) is 64.7 Å². The molecule has 0 amide bonds. The maximum atomic E-state index is 11.5. The van der Waals surface area contributed by atoms with E-state index in [9.17, 15) is 9.59 Å². The van der Waals surface area contributed by atoms with Crippen molar-refractivity contribution in [2.24, 2.45) is 11.8 Å². The number of aliphatic hydroxyl groups is 2. The van der Waals surface area contributed by atoms with Gasteiger partial charge in [0, 0.05) is 6.66 Å². The molecule has 10 nitrogen and oxygen atoms in total. The van der Waals surface area contributed by atoms with Gasteiger partial charge in [-0.25, -0.2) is 0 Å². The second kappa shape index (κ2) is 18.2. The van der Waals surface area contributed by atoms with E-state index in [1.54, 1.807) is 20.5 Å². The lowest BCUT2D eigenvalue weighted by Gasteiger charge is -2.15. The number of hydrogen-bond donors (Lipinski definition) is 2. The summed E-state index contributed by atoms with van der Waals surface area (Å²) in [7, 11) is -1.08. The minimum Gasteiger partial charge on any atom is -0.463 e. The largest absolute Gasteiger partial charge is 0.463 e. The molecule has 28 heavy (non-hydrogen) atoms. The van der Waals surface area contributed by atoms with E-state index in [1.165, 1.54) is 0 Å². The fourth-order valence-electron chi connectivity index (χ4n) is 1.72. The number of esters is 2. The van der Waals surface area contributed by atoms with Gasteiger partial charge in [-0.05, 0) is 13.8 Å². The monoisotopic (exact) mass is 428 g/mol. The third-order valence-electron chi connectivity index (χ3n) is 3.21. The van der Waals surface area contributed by atoms with Crippen LogP contribution in [0.2, 0.25) is 0 Å². The maximum Gasteiger partial charge on any atom is 0.311 e. The summed E-state index contributed by atoms with van der Waals surface area (Å²) in [5, 5.41) is 17.2. The number of aliphatic hydroxyl groups excluding tert-OH is 2. The van der Waals surface area contributed by atoms with Gasteiger partial charge in [0.25, 0.3) is 0 Å². The van der Waals surface area contributed by atoms with Crippen molar-refractivity contribution in [3.63, 3.8) is 0 Å². The molecule has 2 atom stereocenters. The predicted molar refractivity (Wildman–Crippen MR) is 101 cm³/mol. The summed E-state index contributed by atoms with van der Waals surface area (Å²) in [5.41, 5.74) is 0. The van der Waals surface area contributed by atoms with Gasteiger partial charge in [-0.3, -0.25) is 9.59 Å². The normalized spacial score (nSPS) is 14.3. The van der Waals surface area contributed by atoms with Crippen molar-refractivity contribution in [1.82, 2.24) is 0 Å². The number of carbonyl (C=O) groups excluding carboxylic acids is 2. The highest BCUT2D eigenvalue weighted by molar-refractivity contribution is 7.46. The van der Waals surface area contributed by atoms with Crippen LogP contribution in [0.15, 0.2) is 0 Å². The summed E-state index contributed by atoms with van der Waals surface area (Å²) in [4.78, 5) is 22.9. The van der Waals surface area contributed by atoms with E-state index in [4.69, 9.17) is 38.2 Å². The highest BCUT2D eigenvalue weighted by atomic mass is 31.2. The van der Waals surface area contributed by atoms with Crippen molar-refractivity contribution in [2.75, 3.05) is 72.7 Å². The smallest absolute Gasteiger partial charge is 0.311 e. The van der Waals surface area contributed by atoms with Crippen LogP contribution >= 0.6 is 8.38 Å². The molecule has 0 saturated carbocycles. The SMILES string of the molecule is CC(COCCOP(C)OCCOCC(C)C(=O)OCCO)C(=O)OCCO.